The molecule has 0 aromatic heterocycles. The van der Waals surface area contributed by atoms with Crippen molar-refractivity contribution in [2.45, 2.75) is 31.9 Å². The van der Waals surface area contributed by atoms with Gasteiger partial charge in [0.2, 0.25) is 0 Å². The van der Waals surface area contributed by atoms with E-state index in [0.29, 0.717) is 5.92 Å². The van der Waals surface area contributed by atoms with Gasteiger partial charge < -0.3 is 4.74 Å². The van der Waals surface area contributed by atoms with Crippen LogP contribution in [0.4, 0.5) is 8.78 Å². The maximum absolute atomic E-state index is 13.0. The molecule has 0 amide bonds. The van der Waals surface area contributed by atoms with Gasteiger partial charge in [0.1, 0.15) is 6.61 Å². The zero-order valence-corrected chi connectivity index (χ0v) is 11.9. The minimum absolute atomic E-state index is 0.0437. The van der Waals surface area contributed by atoms with Gasteiger partial charge in [-0.25, -0.2) is 4.79 Å². The summed E-state index contributed by atoms with van der Waals surface area (Å²) < 4.78 is 59.5. The van der Waals surface area contributed by atoms with Crippen LogP contribution in [0.2, 0.25) is 0 Å². The highest BCUT2D eigenvalue weighted by atomic mass is 32.2. The summed E-state index contributed by atoms with van der Waals surface area (Å²) in [5.41, 5.74) is 0.777. The fourth-order valence-corrected chi connectivity index (χ4v) is 3.25. The topological polar surface area (TPSA) is 80.7 Å². The SMILES string of the molecule is CC1(C)C2CC=C(COC(=O)C(F)(F)S(=O)(=O)O)C1C2. The van der Waals surface area contributed by atoms with Crippen LogP contribution in [0.1, 0.15) is 26.7 Å². The standard InChI is InChI=1S/C12H16F2O5S/c1-11(2)8-4-3-7(9(11)5-8)6-19-10(15)12(13,14)20(16,17)18/h3,8-9H,4-6H2,1-2H3,(H,16,17,18). The van der Waals surface area contributed by atoms with Crippen LogP contribution in [0, 0.1) is 17.3 Å². The zero-order chi connectivity index (χ0) is 15.3. The van der Waals surface area contributed by atoms with E-state index < -0.39 is 21.3 Å². The summed E-state index contributed by atoms with van der Waals surface area (Å²) >= 11 is 0. The van der Waals surface area contributed by atoms with Gasteiger partial charge in [-0.05, 0) is 35.7 Å². The minimum Gasteiger partial charge on any atom is -0.456 e. The molecule has 1 N–H and O–H groups in total. The van der Waals surface area contributed by atoms with Gasteiger partial charge in [-0.3, -0.25) is 4.55 Å². The molecule has 5 nitrogen and oxygen atoms in total. The molecule has 0 aliphatic heterocycles. The lowest BCUT2D eigenvalue weighted by atomic mass is 9.49. The minimum atomic E-state index is -5.81. The molecule has 20 heavy (non-hydrogen) atoms. The Morgan fingerprint density at radius 3 is 2.60 bits per heavy atom. The molecule has 8 heteroatoms. The molecule has 2 bridgehead atoms. The molecule has 2 unspecified atom stereocenters. The quantitative estimate of drug-likeness (QED) is 0.488. The van der Waals surface area contributed by atoms with Crippen molar-refractivity contribution in [1.29, 1.82) is 0 Å². The van der Waals surface area contributed by atoms with Gasteiger partial charge >= 0.3 is 21.3 Å². The van der Waals surface area contributed by atoms with Crippen LogP contribution in [-0.2, 0) is 19.6 Å². The molecule has 3 rings (SSSR count). The Hall–Kier alpha value is -1.02. The number of carbonyl (C=O) groups excluding carboxylic acids is 1. The van der Waals surface area contributed by atoms with E-state index in [2.05, 4.69) is 18.6 Å². The Morgan fingerprint density at radius 1 is 1.55 bits per heavy atom. The molecular weight excluding hydrogens is 294 g/mol. The first kappa shape index (κ1) is 15.4. The second kappa shape index (κ2) is 4.49. The summed E-state index contributed by atoms with van der Waals surface area (Å²) in [7, 11) is -5.81. The van der Waals surface area contributed by atoms with Crippen LogP contribution >= 0.6 is 0 Å². The Kier molecular flexibility index (Phi) is 3.45. The molecule has 1 saturated carbocycles. The molecule has 0 spiro atoms. The predicted octanol–water partition coefficient (Wildman–Crippen LogP) is 2.00. The van der Waals surface area contributed by atoms with Crippen molar-refractivity contribution < 1.29 is 31.3 Å². The first-order valence-corrected chi connectivity index (χ1v) is 7.63. The summed E-state index contributed by atoms with van der Waals surface area (Å²) in [4.78, 5) is 11.1. The van der Waals surface area contributed by atoms with Gasteiger partial charge in [0.05, 0.1) is 0 Å². The van der Waals surface area contributed by atoms with Gasteiger partial charge in [-0.2, -0.15) is 17.2 Å². The van der Waals surface area contributed by atoms with Gasteiger partial charge in [0.25, 0.3) is 0 Å². The van der Waals surface area contributed by atoms with Crippen molar-refractivity contribution in [1.82, 2.24) is 0 Å². The Bertz CT molecular complexity index is 564. The van der Waals surface area contributed by atoms with Gasteiger partial charge in [0.15, 0.2) is 0 Å². The van der Waals surface area contributed by atoms with Crippen LogP contribution in [-0.4, -0.2) is 30.8 Å². The number of hydrogen-bond acceptors (Lipinski definition) is 4. The molecule has 3 aliphatic carbocycles. The Labute approximate surface area is 115 Å². The summed E-state index contributed by atoms with van der Waals surface area (Å²) in [6.07, 6.45) is 3.57. The summed E-state index contributed by atoms with van der Waals surface area (Å²) in [5, 5.41) is -4.93. The number of fused-ring (bicyclic) bond motifs is 1. The maximum atomic E-state index is 13.0. The normalized spacial score (nSPS) is 28.4. The van der Waals surface area contributed by atoms with Gasteiger partial charge in [0, 0.05) is 0 Å². The second-order valence-electron chi connectivity index (χ2n) is 5.89. The predicted molar refractivity (Wildman–Crippen MR) is 65.5 cm³/mol. The number of alkyl halides is 2. The van der Waals surface area contributed by atoms with E-state index in [1.165, 1.54) is 0 Å². The van der Waals surface area contributed by atoms with Crippen molar-refractivity contribution in [3.05, 3.63) is 11.6 Å². The molecule has 0 saturated heterocycles. The Balaban J connectivity index is 2.01. The average molecular weight is 310 g/mol. The van der Waals surface area contributed by atoms with E-state index in [0.717, 1.165) is 18.4 Å². The fourth-order valence-electron chi connectivity index (χ4n) is 2.98. The maximum Gasteiger partial charge on any atom is 0.465 e. The van der Waals surface area contributed by atoms with Crippen LogP contribution in [0.3, 0.4) is 0 Å². The summed E-state index contributed by atoms with van der Waals surface area (Å²) in [6, 6.07) is 0. The van der Waals surface area contributed by atoms with E-state index in [1.54, 1.807) is 0 Å². The fraction of sp³-hybridized carbons (Fsp3) is 0.750. The molecule has 0 aromatic rings. The van der Waals surface area contributed by atoms with E-state index in [9.17, 15) is 22.0 Å². The monoisotopic (exact) mass is 310 g/mol. The first-order valence-electron chi connectivity index (χ1n) is 6.19. The number of allylic oxidation sites excluding steroid dienone is 1. The van der Waals surface area contributed by atoms with E-state index >= 15 is 0 Å². The van der Waals surface area contributed by atoms with Crippen molar-refractivity contribution in [3.63, 3.8) is 0 Å². The highest BCUT2D eigenvalue weighted by Crippen LogP contribution is 2.59. The number of hydrogen-bond donors (Lipinski definition) is 1. The van der Waals surface area contributed by atoms with Crippen molar-refractivity contribution in [2.24, 2.45) is 17.3 Å². The van der Waals surface area contributed by atoms with Crippen LogP contribution in [0.5, 0.6) is 0 Å². The van der Waals surface area contributed by atoms with Crippen molar-refractivity contribution in [3.8, 4) is 0 Å². The third kappa shape index (κ3) is 2.24. The molecule has 0 heterocycles. The summed E-state index contributed by atoms with van der Waals surface area (Å²) in [5.74, 6) is -1.54. The van der Waals surface area contributed by atoms with Crippen molar-refractivity contribution in [2.75, 3.05) is 6.61 Å². The number of esters is 1. The zero-order valence-electron chi connectivity index (χ0n) is 11.1. The molecule has 114 valence electrons. The second-order valence-corrected chi connectivity index (χ2v) is 7.35. The van der Waals surface area contributed by atoms with Crippen LogP contribution < -0.4 is 0 Å². The van der Waals surface area contributed by atoms with Crippen molar-refractivity contribution >= 4 is 16.1 Å². The third-order valence-electron chi connectivity index (χ3n) is 4.51. The largest absolute Gasteiger partial charge is 0.465 e. The van der Waals surface area contributed by atoms with Gasteiger partial charge in [-0.15, -0.1) is 0 Å². The average Bonchev–Trinajstić information content (AvgIpc) is 2.34. The molecule has 2 atom stereocenters. The van der Waals surface area contributed by atoms with Crippen LogP contribution in [0.15, 0.2) is 11.6 Å². The molecule has 0 radical (unpaired) electrons. The number of halogens is 2. The van der Waals surface area contributed by atoms with E-state index in [-0.39, 0.29) is 17.9 Å². The number of carbonyl (C=O) groups is 1. The lowest BCUT2D eigenvalue weighted by molar-refractivity contribution is -0.161. The van der Waals surface area contributed by atoms with Gasteiger partial charge in [-0.1, -0.05) is 19.9 Å². The van der Waals surface area contributed by atoms with E-state index in [4.69, 9.17) is 4.55 Å². The highest BCUT2D eigenvalue weighted by molar-refractivity contribution is 7.87. The molecular formula is C12H16F2O5S. The number of ether oxygens (including phenoxy) is 1. The lowest BCUT2D eigenvalue weighted by Crippen LogP contribution is -2.49. The summed E-state index contributed by atoms with van der Waals surface area (Å²) in [6.45, 7) is 3.76. The third-order valence-corrected chi connectivity index (χ3v) is 5.33. The smallest absolute Gasteiger partial charge is 0.456 e. The van der Waals surface area contributed by atoms with Crippen LogP contribution in [0.25, 0.3) is 0 Å². The first-order chi connectivity index (χ1) is 8.98. The molecule has 0 aromatic carbocycles. The highest BCUT2D eigenvalue weighted by Gasteiger charge is 2.55. The molecule has 1 fully saturated rings. The lowest BCUT2D eigenvalue weighted by Gasteiger charge is -2.56. The Morgan fingerprint density at radius 2 is 2.15 bits per heavy atom. The number of rotatable bonds is 4. The van der Waals surface area contributed by atoms with E-state index in [1.807, 2.05) is 6.08 Å². The molecule has 3 aliphatic rings.